The standard InChI is InChI=1S/C15H24N2O2/c1-15(2,9-10-19-4)11-17-14(18)12-5-7-13(16-3)8-6-12/h5-8,16H,9-11H2,1-4H3,(H,17,18). The highest BCUT2D eigenvalue weighted by molar-refractivity contribution is 5.94. The number of carbonyl (C=O) groups is 1. The summed E-state index contributed by atoms with van der Waals surface area (Å²) in [6.45, 7) is 5.59. The van der Waals surface area contributed by atoms with Gasteiger partial charge in [0, 0.05) is 38.6 Å². The van der Waals surface area contributed by atoms with Gasteiger partial charge in [-0.25, -0.2) is 0 Å². The van der Waals surface area contributed by atoms with E-state index in [1.54, 1.807) is 7.11 Å². The van der Waals surface area contributed by atoms with Crippen LogP contribution in [0.5, 0.6) is 0 Å². The van der Waals surface area contributed by atoms with Crippen LogP contribution < -0.4 is 10.6 Å². The number of rotatable bonds is 7. The van der Waals surface area contributed by atoms with Crippen LogP contribution >= 0.6 is 0 Å². The van der Waals surface area contributed by atoms with E-state index in [9.17, 15) is 4.79 Å². The molecule has 0 saturated heterocycles. The number of hydrogen-bond acceptors (Lipinski definition) is 3. The number of carbonyl (C=O) groups excluding carboxylic acids is 1. The molecule has 0 bridgehead atoms. The molecule has 0 aliphatic carbocycles. The first kappa shape index (κ1) is 15.5. The molecule has 0 fully saturated rings. The van der Waals surface area contributed by atoms with Crippen LogP contribution in [0.4, 0.5) is 5.69 Å². The van der Waals surface area contributed by atoms with E-state index < -0.39 is 0 Å². The van der Waals surface area contributed by atoms with E-state index in [-0.39, 0.29) is 11.3 Å². The van der Waals surface area contributed by atoms with Gasteiger partial charge in [-0.2, -0.15) is 0 Å². The summed E-state index contributed by atoms with van der Waals surface area (Å²) in [4.78, 5) is 12.0. The molecule has 0 unspecified atom stereocenters. The van der Waals surface area contributed by atoms with Crippen molar-refractivity contribution in [2.45, 2.75) is 20.3 Å². The van der Waals surface area contributed by atoms with E-state index in [2.05, 4.69) is 24.5 Å². The van der Waals surface area contributed by atoms with Gasteiger partial charge in [0.05, 0.1) is 0 Å². The predicted octanol–water partition coefficient (Wildman–Crippen LogP) is 2.52. The largest absolute Gasteiger partial charge is 0.388 e. The van der Waals surface area contributed by atoms with E-state index in [1.165, 1.54) is 0 Å². The number of hydrogen-bond donors (Lipinski definition) is 2. The Kier molecular flexibility index (Phi) is 5.83. The summed E-state index contributed by atoms with van der Waals surface area (Å²) in [5.74, 6) is -0.0341. The molecule has 4 heteroatoms. The van der Waals surface area contributed by atoms with Gasteiger partial charge >= 0.3 is 0 Å². The number of ether oxygens (including phenoxy) is 1. The minimum Gasteiger partial charge on any atom is -0.388 e. The Labute approximate surface area is 115 Å². The SMILES string of the molecule is CNc1ccc(C(=O)NCC(C)(C)CCOC)cc1. The van der Waals surface area contributed by atoms with Crippen LogP contribution in [-0.4, -0.2) is 33.2 Å². The molecule has 0 radical (unpaired) electrons. The van der Waals surface area contributed by atoms with E-state index in [1.807, 2.05) is 31.3 Å². The molecule has 106 valence electrons. The van der Waals surface area contributed by atoms with Crippen molar-refractivity contribution in [2.75, 3.05) is 32.6 Å². The Morgan fingerprint density at radius 2 is 1.89 bits per heavy atom. The molecule has 0 aliphatic rings. The topological polar surface area (TPSA) is 50.4 Å². The molecule has 0 spiro atoms. The van der Waals surface area contributed by atoms with Gasteiger partial charge in [0.25, 0.3) is 5.91 Å². The van der Waals surface area contributed by atoms with E-state index in [0.29, 0.717) is 18.7 Å². The summed E-state index contributed by atoms with van der Waals surface area (Å²) >= 11 is 0. The van der Waals surface area contributed by atoms with E-state index >= 15 is 0 Å². The van der Waals surface area contributed by atoms with Crippen molar-refractivity contribution in [2.24, 2.45) is 5.41 Å². The molecule has 4 nitrogen and oxygen atoms in total. The zero-order chi connectivity index (χ0) is 14.3. The monoisotopic (exact) mass is 264 g/mol. The molecule has 1 amide bonds. The molecule has 0 saturated carbocycles. The third kappa shape index (κ3) is 5.30. The fourth-order valence-corrected chi connectivity index (χ4v) is 1.68. The molecular formula is C15H24N2O2. The van der Waals surface area contributed by atoms with Crippen LogP contribution in [0.1, 0.15) is 30.6 Å². The van der Waals surface area contributed by atoms with E-state index in [0.717, 1.165) is 12.1 Å². The van der Waals surface area contributed by atoms with Crippen molar-refractivity contribution >= 4 is 11.6 Å². The predicted molar refractivity (Wildman–Crippen MR) is 78.6 cm³/mol. The average Bonchev–Trinajstić information content (AvgIpc) is 2.43. The van der Waals surface area contributed by atoms with Crippen LogP contribution in [0.15, 0.2) is 24.3 Å². The third-order valence-electron chi connectivity index (χ3n) is 3.15. The minimum atomic E-state index is -0.0341. The van der Waals surface area contributed by atoms with Crippen LogP contribution in [-0.2, 0) is 4.74 Å². The van der Waals surface area contributed by atoms with Gasteiger partial charge in [-0.05, 0) is 36.1 Å². The second-order valence-corrected chi connectivity index (χ2v) is 5.42. The van der Waals surface area contributed by atoms with E-state index in [4.69, 9.17) is 4.74 Å². The summed E-state index contributed by atoms with van der Waals surface area (Å²) < 4.78 is 5.08. The van der Waals surface area contributed by atoms with Gasteiger partial charge in [-0.15, -0.1) is 0 Å². The van der Waals surface area contributed by atoms with Crippen molar-refractivity contribution in [1.82, 2.24) is 5.32 Å². The Morgan fingerprint density at radius 3 is 2.42 bits per heavy atom. The quantitative estimate of drug-likeness (QED) is 0.795. The molecule has 1 rings (SSSR count). The van der Waals surface area contributed by atoms with Gasteiger partial charge in [0.2, 0.25) is 0 Å². The Morgan fingerprint density at radius 1 is 1.26 bits per heavy atom. The Bertz CT molecular complexity index is 399. The first-order chi connectivity index (χ1) is 8.98. The average molecular weight is 264 g/mol. The number of anilines is 1. The minimum absolute atomic E-state index is 0.0341. The summed E-state index contributed by atoms with van der Waals surface area (Å²) in [7, 11) is 3.55. The molecule has 2 N–H and O–H groups in total. The lowest BCUT2D eigenvalue weighted by Gasteiger charge is -2.24. The molecule has 0 aromatic heterocycles. The van der Waals surface area contributed by atoms with Crippen molar-refractivity contribution in [3.05, 3.63) is 29.8 Å². The van der Waals surface area contributed by atoms with Gasteiger partial charge in [-0.3, -0.25) is 4.79 Å². The van der Waals surface area contributed by atoms with Crippen LogP contribution in [0.3, 0.4) is 0 Å². The Hall–Kier alpha value is -1.55. The number of amides is 1. The zero-order valence-corrected chi connectivity index (χ0v) is 12.2. The normalized spacial score (nSPS) is 11.2. The van der Waals surface area contributed by atoms with Crippen molar-refractivity contribution in [3.63, 3.8) is 0 Å². The lowest BCUT2D eigenvalue weighted by molar-refractivity contribution is 0.0921. The van der Waals surface area contributed by atoms with Gasteiger partial charge in [0.15, 0.2) is 0 Å². The fraction of sp³-hybridized carbons (Fsp3) is 0.533. The highest BCUT2D eigenvalue weighted by atomic mass is 16.5. The zero-order valence-electron chi connectivity index (χ0n) is 12.2. The van der Waals surface area contributed by atoms with Crippen LogP contribution in [0.25, 0.3) is 0 Å². The molecule has 0 heterocycles. The van der Waals surface area contributed by atoms with Crippen LogP contribution in [0.2, 0.25) is 0 Å². The molecule has 1 aromatic carbocycles. The first-order valence-electron chi connectivity index (χ1n) is 6.53. The van der Waals surface area contributed by atoms with Gasteiger partial charge < -0.3 is 15.4 Å². The third-order valence-corrected chi connectivity index (χ3v) is 3.15. The summed E-state index contributed by atoms with van der Waals surface area (Å²) in [6.07, 6.45) is 0.919. The number of nitrogens with one attached hydrogen (secondary N) is 2. The second-order valence-electron chi connectivity index (χ2n) is 5.42. The van der Waals surface area contributed by atoms with Crippen LogP contribution in [0, 0.1) is 5.41 Å². The first-order valence-corrected chi connectivity index (χ1v) is 6.53. The van der Waals surface area contributed by atoms with Crippen molar-refractivity contribution < 1.29 is 9.53 Å². The molecule has 1 aromatic rings. The van der Waals surface area contributed by atoms with Crippen molar-refractivity contribution in [1.29, 1.82) is 0 Å². The molecule has 0 aliphatic heterocycles. The summed E-state index contributed by atoms with van der Waals surface area (Å²) in [5, 5.41) is 6.00. The maximum Gasteiger partial charge on any atom is 0.251 e. The maximum absolute atomic E-state index is 12.0. The highest BCUT2D eigenvalue weighted by Crippen LogP contribution is 2.19. The smallest absolute Gasteiger partial charge is 0.251 e. The molecule has 19 heavy (non-hydrogen) atoms. The lowest BCUT2D eigenvalue weighted by atomic mass is 9.89. The van der Waals surface area contributed by atoms with Crippen molar-refractivity contribution in [3.8, 4) is 0 Å². The van der Waals surface area contributed by atoms with Gasteiger partial charge in [0.1, 0.15) is 0 Å². The molecular weight excluding hydrogens is 240 g/mol. The maximum atomic E-state index is 12.0. The number of methoxy groups -OCH3 is 1. The summed E-state index contributed by atoms with van der Waals surface area (Å²) in [5.41, 5.74) is 1.72. The summed E-state index contributed by atoms with van der Waals surface area (Å²) in [6, 6.07) is 7.43. The highest BCUT2D eigenvalue weighted by Gasteiger charge is 2.18. The lowest BCUT2D eigenvalue weighted by Crippen LogP contribution is -2.34. The van der Waals surface area contributed by atoms with Gasteiger partial charge in [-0.1, -0.05) is 13.8 Å². The fourth-order valence-electron chi connectivity index (χ4n) is 1.68. The number of benzene rings is 1. The second kappa shape index (κ2) is 7.14. The molecule has 0 atom stereocenters. The Balaban J connectivity index is 2.50.